The molecular formula is C13H12ClN3O2S. The number of benzene rings is 1. The van der Waals surface area contributed by atoms with Gasteiger partial charge in [0.25, 0.3) is 0 Å². The first-order valence-corrected chi connectivity index (χ1v) is 7.13. The number of aromatic nitrogens is 1. The lowest BCUT2D eigenvalue weighted by molar-refractivity contribution is -0.388. The minimum atomic E-state index is -0.443. The van der Waals surface area contributed by atoms with Gasteiger partial charge in [0, 0.05) is 17.5 Å². The summed E-state index contributed by atoms with van der Waals surface area (Å²) in [6, 6.07) is 10.2. The van der Waals surface area contributed by atoms with Gasteiger partial charge in [0.2, 0.25) is 0 Å². The molecule has 0 spiro atoms. The van der Waals surface area contributed by atoms with Crippen molar-refractivity contribution >= 4 is 34.9 Å². The molecule has 0 aliphatic carbocycles. The highest BCUT2D eigenvalue weighted by Gasteiger charge is 2.18. The molecule has 104 valence electrons. The van der Waals surface area contributed by atoms with Crippen molar-refractivity contribution in [3.05, 3.63) is 51.5 Å². The predicted molar refractivity (Wildman–Crippen MR) is 80.6 cm³/mol. The summed E-state index contributed by atoms with van der Waals surface area (Å²) in [5, 5.41) is 15.0. The molecule has 1 N–H and O–H groups in total. The molecule has 1 aromatic heterocycles. The van der Waals surface area contributed by atoms with Crippen molar-refractivity contribution in [2.24, 2.45) is 0 Å². The van der Waals surface area contributed by atoms with Crippen LogP contribution in [0, 0.1) is 10.1 Å². The van der Waals surface area contributed by atoms with Crippen LogP contribution in [0.25, 0.3) is 0 Å². The first-order chi connectivity index (χ1) is 9.61. The summed E-state index contributed by atoms with van der Waals surface area (Å²) in [5.41, 5.74) is -0.0310. The molecule has 0 saturated heterocycles. The van der Waals surface area contributed by atoms with E-state index in [1.165, 1.54) is 17.8 Å². The number of halogens is 1. The van der Waals surface area contributed by atoms with Gasteiger partial charge in [-0.25, -0.2) is 4.98 Å². The summed E-state index contributed by atoms with van der Waals surface area (Å²) in [7, 11) is 0. The fourth-order valence-corrected chi connectivity index (χ4v) is 2.72. The van der Waals surface area contributed by atoms with Crippen LogP contribution in [0.4, 0.5) is 11.5 Å². The minimum Gasteiger partial charge on any atom is -0.370 e. The zero-order chi connectivity index (χ0) is 14.5. The molecule has 20 heavy (non-hydrogen) atoms. The van der Waals surface area contributed by atoms with Crippen molar-refractivity contribution in [1.29, 1.82) is 0 Å². The highest BCUT2D eigenvalue weighted by molar-refractivity contribution is 7.99. The van der Waals surface area contributed by atoms with E-state index in [-0.39, 0.29) is 5.69 Å². The number of nitro groups is 1. The monoisotopic (exact) mass is 309 g/mol. The Balaban J connectivity index is 2.40. The molecule has 1 heterocycles. The van der Waals surface area contributed by atoms with Crippen LogP contribution in [0.5, 0.6) is 0 Å². The van der Waals surface area contributed by atoms with E-state index in [0.717, 1.165) is 4.90 Å². The van der Waals surface area contributed by atoms with E-state index in [1.54, 1.807) is 18.2 Å². The van der Waals surface area contributed by atoms with Crippen molar-refractivity contribution < 1.29 is 4.92 Å². The lowest BCUT2D eigenvalue weighted by atomic mass is 10.4. The smallest absolute Gasteiger partial charge is 0.301 e. The van der Waals surface area contributed by atoms with Gasteiger partial charge in [0.15, 0.2) is 5.03 Å². The molecule has 0 bridgehead atoms. The molecule has 0 fully saturated rings. The Morgan fingerprint density at radius 3 is 2.75 bits per heavy atom. The zero-order valence-electron chi connectivity index (χ0n) is 10.7. The summed E-state index contributed by atoms with van der Waals surface area (Å²) in [4.78, 5) is 15.6. The minimum absolute atomic E-state index is 0.0310. The van der Waals surface area contributed by atoms with Crippen LogP contribution in [-0.2, 0) is 0 Å². The van der Waals surface area contributed by atoms with E-state index in [1.807, 2.05) is 19.1 Å². The van der Waals surface area contributed by atoms with E-state index in [9.17, 15) is 10.1 Å². The highest BCUT2D eigenvalue weighted by atomic mass is 35.5. The Morgan fingerprint density at radius 1 is 1.35 bits per heavy atom. The topological polar surface area (TPSA) is 68.1 Å². The van der Waals surface area contributed by atoms with Crippen molar-refractivity contribution in [3.8, 4) is 0 Å². The average molecular weight is 310 g/mol. The van der Waals surface area contributed by atoms with Gasteiger partial charge in [0.1, 0.15) is 5.82 Å². The second-order valence-electron chi connectivity index (χ2n) is 3.84. The molecule has 7 heteroatoms. The number of nitrogens with one attached hydrogen (secondary N) is 1. The molecule has 2 aromatic rings. The Labute approximate surface area is 125 Å². The van der Waals surface area contributed by atoms with Gasteiger partial charge >= 0.3 is 5.69 Å². The fraction of sp³-hybridized carbons (Fsp3) is 0.154. The number of rotatable bonds is 5. The number of hydrogen-bond donors (Lipinski definition) is 1. The van der Waals surface area contributed by atoms with Gasteiger partial charge in [-0.2, -0.15) is 0 Å². The van der Waals surface area contributed by atoms with E-state index >= 15 is 0 Å². The van der Waals surface area contributed by atoms with Gasteiger partial charge in [-0.15, -0.1) is 0 Å². The SMILES string of the molecule is CCNc1ccc([N+](=O)[O-])c(Sc2ccccc2Cl)n1. The van der Waals surface area contributed by atoms with Gasteiger partial charge in [0.05, 0.1) is 9.95 Å². The fourth-order valence-electron chi connectivity index (χ4n) is 1.56. The molecule has 5 nitrogen and oxygen atoms in total. The first-order valence-electron chi connectivity index (χ1n) is 5.93. The van der Waals surface area contributed by atoms with Crippen LogP contribution in [0.3, 0.4) is 0 Å². The Morgan fingerprint density at radius 2 is 2.10 bits per heavy atom. The van der Waals surface area contributed by atoms with E-state index in [4.69, 9.17) is 11.6 Å². The van der Waals surface area contributed by atoms with Crippen molar-refractivity contribution in [3.63, 3.8) is 0 Å². The second kappa shape index (κ2) is 6.58. The summed E-state index contributed by atoms with van der Waals surface area (Å²) in [5.74, 6) is 0.604. The summed E-state index contributed by atoms with van der Waals surface area (Å²) in [6.07, 6.45) is 0. The average Bonchev–Trinajstić information content (AvgIpc) is 2.42. The van der Waals surface area contributed by atoms with Gasteiger partial charge in [-0.3, -0.25) is 10.1 Å². The molecular weight excluding hydrogens is 298 g/mol. The van der Waals surface area contributed by atoms with Crippen molar-refractivity contribution in [1.82, 2.24) is 4.98 Å². The second-order valence-corrected chi connectivity index (χ2v) is 5.28. The molecule has 0 amide bonds. The highest BCUT2D eigenvalue weighted by Crippen LogP contribution is 2.37. The van der Waals surface area contributed by atoms with Crippen molar-refractivity contribution in [2.45, 2.75) is 16.8 Å². The largest absolute Gasteiger partial charge is 0.370 e. The number of anilines is 1. The summed E-state index contributed by atoms with van der Waals surface area (Å²) >= 11 is 7.26. The predicted octanol–water partition coefficient (Wildman–Crippen LogP) is 4.23. The maximum Gasteiger partial charge on any atom is 0.301 e. The third kappa shape index (κ3) is 3.40. The van der Waals surface area contributed by atoms with Crippen LogP contribution in [-0.4, -0.2) is 16.5 Å². The Kier molecular flexibility index (Phi) is 4.81. The molecule has 0 saturated carbocycles. The van der Waals surface area contributed by atoms with Crippen LogP contribution in [0.15, 0.2) is 46.3 Å². The lowest BCUT2D eigenvalue weighted by Crippen LogP contribution is -2.01. The quantitative estimate of drug-likeness (QED) is 0.661. The molecule has 0 radical (unpaired) electrons. The van der Waals surface area contributed by atoms with Crippen LogP contribution < -0.4 is 5.32 Å². The van der Waals surface area contributed by atoms with Crippen LogP contribution in [0.1, 0.15) is 6.92 Å². The maximum atomic E-state index is 11.1. The number of hydrogen-bond acceptors (Lipinski definition) is 5. The lowest BCUT2D eigenvalue weighted by Gasteiger charge is -2.07. The summed E-state index contributed by atoms with van der Waals surface area (Å²) < 4.78 is 0. The van der Waals surface area contributed by atoms with Gasteiger partial charge < -0.3 is 5.32 Å². The Hall–Kier alpha value is -1.79. The third-order valence-electron chi connectivity index (χ3n) is 2.44. The molecule has 2 rings (SSSR count). The summed E-state index contributed by atoms with van der Waals surface area (Å²) in [6.45, 7) is 2.63. The van der Waals surface area contributed by atoms with Crippen molar-refractivity contribution in [2.75, 3.05) is 11.9 Å². The standard InChI is InChI=1S/C13H12ClN3O2S/c1-2-15-12-8-7-10(17(18)19)13(16-12)20-11-6-4-3-5-9(11)14/h3-8H,2H2,1H3,(H,15,16). The van der Waals surface area contributed by atoms with E-state index in [2.05, 4.69) is 10.3 Å². The first kappa shape index (κ1) is 14.6. The molecule has 0 unspecified atom stereocenters. The molecule has 0 aliphatic rings. The normalized spacial score (nSPS) is 10.3. The number of nitrogens with zero attached hydrogens (tertiary/aromatic N) is 2. The van der Waals surface area contributed by atoms with Gasteiger partial charge in [-0.05, 0) is 25.1 Å². The maximum absolute atomic E-state index is 11.1. The Bertz CT molecular complexity index is 637. The molecule has 1 aromatic carbocycles. The van der Waals surface area contributed by atoms with Gasteiger partial charge in [-0.1, -0.05) is 35.5 Å². The van der Waals surface area contributed by atoms with Crippen LogP contribution >= 0.6 is 23.4 Å². The van der Waals surface area contributed by atoms with Crippen LogP contribution in [0.2, 0.25) is 5.02 Å². The number of pyridine rings is 1. The molecule has 0 aliphatic heterocycles. The molecule has 0 atom stereocenters. The van der Waals surface area contributed by atoms with E-state index in [0.29, 0.717) is 22.4 Å². The zero-order valence-corrected chi connectivity index (χ0v) is 12.2. The van der Waals surface area contributed by atoms with E-state index < -0.39 is 4.92 Å². The third-order valence-corrected chi connectivity index (χ3v) is 3.95.